The van der Waals surface area contributed by atoms with E-state index in [1.54, 1.807) is 31.6 Å². The Morgan fingerprint density at radius 2 is 2.10 bits per heavy atom. The first-order valence-electron chi connectivity index (χ1n) is 8.79. The zero-order valence-electron chi connectivity index (χ0n) is 15.8. The average Bonchev–Trinajstić information content (AvgIpc) is 3.19. The molecular formula is C20H20N4O3S2. The van der Waals surface area contributed by atoms with Gasteiger partial charge in [0.05, 0.1) is 25.0 Å². The van der Waals surface area contributed by atoms with E-state index in [2.05, 4.69) is 20.6 Å². The van der Waals surface area contributed by atoms with Crippen LogP contribution in [0, 0.1) is 0 Å². The maximum Gasteiger partial charge on any atom is 0.234 e. The Hall–Kier alpha value is -2.91. The van der Waals surface area contributed by atoms with Gasteiger partial charge in [-0.25, -0.2) is 4.98 Å². The van der Waals surface area contributed by atoms with Crippen LogP contribution < -0.4 is 15.4 Å². The molecule has 0 saturated heterocycles. The van der Waals surface area contributed by atoms with Gasteiger partial charge in [-0.2, -0.15) is 0 Å². The molecule has 0 aliphatic heterocycles. The van der Waals surface area contributed by atoms with Gasteiger partial charge in [0.1, 0.15) is 5.75 Å². The monoisotopic (exact) mass is 428 g/mol. The zero-order valence-corrected chi connectivity index (χ0v) is 17.4. The van der Waals surface area contributed by atoms with Crippen LogP contribution in [0.4, 0.5) is 5.69 Å². The van der Waals surface area contributed by atoms with Crippen molar-refractivity contribution in [2.45, 2.75) is 17.3 Å². The van der Waals surface area contributed by atoms with Crippen molar-refractivity contribution in [1.29, 1.82) is 0 Å². The number of anilines is 1. The lowest BCUT2D eigenvalue weighted by atomic mass is 10.2. The Labute approximate surface area is 176 Å². The Morgan fingerprint density at radius 3 is 2.90 bits per heavy atom. The molecule has 0 unspecified atom stereocenters. The van der Waals surface area contributed by atoms with E-state index in [1.165, 1.54) is 23.1 Å². The molecule has 3 aromatic rings. The highest BCUT2D eigenvalue weighted by molar-refractivity contribution is 8.01. The molecule has 29 heavy (non-hydrogen) atoms. The standard InChI is InChI=1S/C20H20N4O3S2/c1-27-17-6-2-5-15(8-17)23-19(26)13-29-20-24-16(12-28-20)9-18(25)22-11-14-4-3-7-21-10-14/h2-8,10,12H,9,11,13H2,1H3,(H,22,25)(H,23,26). The number of amides is 2. The number of rotatable bonds is 9. The molecule has 9 heteroatoms. The first-order valence-corrected chi connectivity index (χ1v) is 10.7. The van der Waals surface area contributed by atoms with Gasteiger partial charge in [-0.05, 0) is 23.8 Å². The minimum atomic E-state index is -0.130. The summed E-state index contributed by atoms with van der Waals surface area (Å²) in [6.45, 7) is 0.433. The molecule has 2 amide bonds. The van der Waals surface area contributed by atoms with Crippen molar-refractivity contribution in [3.8, 4) is 5.75 Å². The number of benzene rings is 1. The van der Waals surface area contributed by atoms with Gasteiger partial charge in [0.15, 0.2) is 4.34 Å². The molecule has 3 rings (SSSR count). The summed E-state index contributed by atoms with van der Waals surface area (Å²) >= 11 is 2.76. The van der Waals surface area contributed by atoms with Crippen molar-refractivity contribution in [2.24, 2.45) is 0 Å². The summed E-state index contributed by atoms with van der Waals surface area (Å²) in [5, 5.41) is 7.51. The maximum atomic E-state index is 12.1. The number of carbonyl (C=O) groups is 2. The van der Waals surface area contributed by atoms with Crippen LogP contribution >= 0.6 is 23.1 Å². The third-order valence-corrected chi connectivity index (χ3v) is 5.83. The van der Waals surface area contributed by atoms with Crippen molar-refractivity contribution in [1.82, 2.24) is 15.3 Å². The number of nitrogens with zero attached hydrogens (tertiary/aromatic N) is 2. The first-order chi connectivity index (χ1) is 14.1. The smallest absolute Gasteiger partial charge is 0.234 e. The van der Waals surface area contributed by atoms with E-state index < -0.39 is 0 Å². The number of carbonyl (C=O) groups excluding carboxylic acids is 2. The van der Waals surface area contributed by atoms with E-state index in [9.17, 15) is 9.59 Å². The fourth-order valence-corrected chi connectivity index (χ4v) is 4.04. The number of methoxy groups -OCH3 is 1. The fraction of sp³-hybridized carbons (Fsp3) is 0.200. The summed E-state index contributed by atoms with van der Waals surface area (Å²) in [7, 11) is 1.58. The van der Waals surface area contributed by atoms with Crippen LogP contribution in [-0.4, -0.2) is 34.6 Å². The van der Waals surface area contributed by atoms with Crippen LogP contribution in [0.5, 0.6) is 5.75 Å². The minimum absolute atomic E-state index is 0.105. The first kappa shape index (κ1) is 20.8. The van der Waals surface area contributed by atoms with Gasteiger partial charge in [0.2, 0.25) is 11.8 Å². The topological polar surface area (TPSA) is 93.2 Å². The van der Waals surface area contributed by atoms with Gasteiger partial charge in [-0.15, -0.1) is 11.3 Å². The second-order valence-electron chi connectivity index (χ2n) is 5.99. The van der Waals surface area contributed by atoms with Gasteiger partial charge in [-0.3, -0.25) is 14.6 Å². The molecule has 0 spiro atoms. The Balaban J connectivity index is 1.42. The minimum Gasteiger partial charge on any atom is -0.497 e. The number of thiazole rings is 1. The van der Waals surface area contributed by atoms with Crippen molar-refractivity contribution in [3.63, 3.8) is 0 Å². The number of ether oxygens (including phenoxy) is 1. The maximum absolute atomic E-state index is 12.1. The number of nitrogens with one attached hydrogen (secondary N) is 2. The van der Waals surface area contributed by atoms with E-state index in [0.29, 0.717) is 23.7 Å². The Kier molecular flexibility index (Phi) is 7.60. The van der Waals surface area contributed by atoms with Crippen LogP contribution in [0.1, 0.15) is 11.3 Å². The fourth-order valence-electron chi connectivity index (χ4n) is 2.39. The lowest BCUT2D eigenvalue weighted by Crippen LogP contribution is -2.24. The zero-order chi connectivity index (χ0) is 20.5. The lowest BCUT2D eigenvalue weighted by molar-refractivity contribution is -0.120. The number of hydrogen-bond acceptors (Lipinski definition) is 7. The summed E-state index contributed by atoms with van der Waals surface area (Å²) in [4.78, 5) is 32.6. The molecule has 7 nitrogen and oxygen atoms in total. The Morgan fingerprint density at radius 1 is 1.21 bits per heavy atom. The summed E-state index contributed by atoms with van der Waals surface area (Å²) in [6.07, 6.45) is 3.61. The largest absolute Gasteiger partial charge is 0.497 e. The third-order valence-electron chi connectivity index (χ3n) is 3.77. The molecule has 0 aliphatic rings. The van der Waals surface area contributed by atoms with Crippen molar-refractivity contribution < 1.29 is 14.3 Å². The van der Waals surface area contributed by atoms with Crippen molar-refractivity contribution in [2.75, 3.05) is 18.2 Å². The number of aromatic nitrogens is 2. The molecule has 2 heterocycles. The molecule has 2 aromatic heterocycles. The van der Waals surface area contributed by atoms with Gasteiger partial charge in [-0.1, -0.05) is 23.9 Å². The molecule has 0 aliphatic carbocycles. The normalized spacial score (nSPS) is 10.4. The predicted octanol–water partition coefficient (Wildman–Crippen LogP) is 3.14. The lowest BCUT2D eigenvalue weighted by Gasteiger charge is -2.06. The van der Waals surface area contributed by atoms with Gasteiger partial charge in [0, 0.05) is 36.1 Å². The SMILES string of the molecule is COc1cccc(NC(=O)CSc2nc(CC(=O)NCc3cccnc3)cs2)c1. The number of pyridine rings is 1. The molecule has 2 N–H and O–H groups in total. The van der Waals surface area contributed by atoms with E-state index >= 15 is 0 Å². The van der Waals surface area contributed by atoms with Crippen LogP contribution in [0.3, 0.4) is 0 Å². The predicted molar refractivity (Wildman–Crippen MR) is 114 cm³/mol. The molecule has 0 fully saturated rings. The van der Waals surface area contributed by atoms with E-state index in [-0.39, 0.29) is 24.0 Å². The van der Waals surface area contributed by atoms with Crippen molar-refractivity contribution in [3.05, 3.63) is 65.4 Å². The van der Waals surface area contributed by atoms with Crippen LogP contribution in [-0.2, 0) is 22.6 Å². The van der Waals surface area contributed by atoms with Crippen LogP contribution in [0.25, 0.3) is 0 Å². The molecule has 150 valence electrons. The second-order valence-corrected chi connectivity index (χ2v) is 8.07. The van der Waals surface area contributed by atoms with Gasteiger partial charge < -0.3 is 15.4 Å². The highest BCUT2D eigenvalue weighted by Crippen LogP contribution is 2.23. The molecule has 0 saturated carbocycles. The summed E-state index contributed by atoms with van der Waals surface area (Å²) in [6, 6.07) is 10.9. The van der Waals surface area contributed by atoms with E-state index in [1.807, 2.05) is 29.6 Å². The third kappa shape index (κ3) is 6.88. The van der Waals surface area contributed by atoms with E-state index in [0.717, 1.165) is 9.90 Å². The number of hydrogen-bond donors (Lipinski definition) is 2. The summed E-state index contributed by atoms with van der Waals surface area (Å²) in [5.74, 6) is 0.680. The summed E-state index contributed by atoms with van der Waals surface area (Å²) < 4.78 is 5.89. The quantitative estimate of drug-likeness (QED) is 0.509. The van der Waals surface area contributed by atoms with Crippen LogP contribution in [0.15, 0.2) is 58.5 Å². The molecule has 0 atom stereocenters. The molecule has 0 radical (unpaired) electrons. The molecule has 1 aromatic carbocycles. The summed E-state index contributed by atoms with van der Waals surface area (Å²) in [5.41, 5.74) is 2.31. The second kappa shape index (κ2) is 10.6. The molecular weight excluding hydrogens is 408 g/mol. The van der Waals surface area contributed by atoms with Gasteiger partial charge >= 0.3 is 0 Å². The van der Waals surface area contributed by atoms with Crippen LogP contribution in [0.2, 0.25) is 0 Å². The van der Waals surface area contributed by atoms with Crippen molar-refractivity contribution >= 4 is 40.6 Å². The van der Waals surface area contributed by atoms with Gasteiger partial charge in [0.25, 0.3) is 0 Å². The highest BCUT2D eigenvalue weighted by atomic mass is 32.2. The highest BCUT2D eigenvalue weighted by Gasteiger charge is 2.10. The molecule has 0 bridgehead atoms. The number of thioether (sulfide) groups is 1. The Bertz CT molecular complexity index is 963. The average molecular weight is 429 g/mol. The van der Waals surface area contributed by atoms with E-state index in [4.69, 9.17) is 4.74 Å².